The van der Waals surface area contributed by atoms with Crippen molar-refractivity contribution in [3.05, 3.63) is 64.6 Å². The Hall–Kier alpha value is -3.37. The van der Waals surface area contributed by atoms with Crippen LogP contribution in [0.15, 0.2) is 53.4 Å². The zero-order valence-electron chi connectivity index (χ0n) is 15.7. The van der Waals surface area contributed by atoms with Crippen LogP contribution in [0.1, 0.15) is 15.9 Å². The first kappa shape index (κ1) is 21.3. The number of rotatable bonds is 7. The van der Waals surface area contributed by atoms with E-state index in [0.717, 1.165) is 16.8 Å². The molecule has 0 radical (unpaired) electrons. The van der Waals surface area contributed by atoms with Crippen molar-refractivity contribution in [2.75, 3.05) is 13.7 Å². The lowest BCUT2D eigenvalue weighted by Crippen LogP contribution is -2.44. The predicted molar refractivity (Wildman–Crippen MR) is 115 cm³/mol. The van der Waals surface area contributed by atoms with Crippen molar-refractivity contribution in [2.24, 2.45) is 0 Å². The van der Waals surface area contributed by atoms with Gasteiger partial charge in [-0.1, -0.05) is 30.0 Å². The first-order valence-corrected chi connectivity index (χ1v) is 9.78. The van der Waals surface area contributed by atoms with Crippen molar-refractivity contribution in [2.45, 2.75) is 0 Å². The van der Waals surface area contributed by atoms with Gasteiger partial charge in [-0.2, -0.15) is 5.01 Å². The number of hydrogen-bond acceptors (Lipinski definition) is 7. The fourth-order valence-corrected chi connectivity index (χ4v) is 3.65. The summed E-state index contributed by atoms with van der Waals surface area (Å²) in [6, 6.07) is 13.1. The molecule has 0 spiro atoms. The number of thiocarbonyl (C=S) groups is 1. The molecule has 2 aromatic rings. The van der Waals surface area contributed by atoms with Crippen molar-refractivity contribution in [3.8, 4) is 11.5 Å². The molecular formula is C20H16N2O6S2. The molecule has 0 saturated carbocycles. The molecule has 0 unspecified atom stereocenters. The Balaban J connectivity index is 1.76. The van der Waals surface area contributed by atoms with Crippen molar-refractivity contribution < 1.29 is 29.0 Å². The van der Waals surface area contributed by atoms with Crippen LogP contribution in [-0.4, -0.2) is 45.9 Å². The van der Waals surface area contributed by atoms with Gasteiger partial charge in [0.2, 0.25) is 0 Å². The van der Waals surface area contributed by atoms with E-state index >= 15 is 0 Å². The number of hydrogen-bond donors (Lipinski definition) is 2. The van der Waals surface area contributed by atoms with Crippen LogP contribution in [0.3, 0.4) is 0 Å². The van der Waals surface area contributed by atoms with Crippen molar-refractivity contribution in [1.29, 1.82) is 0 Å². The minimum atomic E-state index is -1.11. The number of hydrazine groups is 1. The van der Waals surface area contributed by atoms with Crippen LogP contribution in [0.5, 0.6) is 11.5 Å². The lowest BCUT2D eigenvalue weighted by Gasteiger charge is -2.15. The summed E-state index contributed by atoms with van der Waals surface area (Å²) in [5.41, 5.74) is 3.34. The first-order valence-electron chi connectivity index (χ1n) is 8.55. The quantitative estimate of drug-likeness (QED) is 0.496. The van der Waals surface area contributed by atoms with E-state index in [2.05, 4.69) is 5.43 Å². The topological polar surface area (TPSA) is 105 Å². The Labute approximate surface area is 181 Å². The predicted octanol–water partition coefficient (Wildman–Crippen LogP) is 2.70. The summed E-state index contributed by atoms with van der Waals surface area (Å²) in [6.07, 6.45) is 1.54. The molecule has 1 aliphatic rings. The zero-order valence-corrected chi connectivity index (χ0v) is 17.3. The summed E-state index contributed by atoms with van der Waals surface area (Å²) >= 11 is 6.24. The summed E-state index contributed by atoms with van der Waals surface area (Å²) < 4.78 is 10.5. The molecule has 1 fully saturated rings. The fourth-order valence-electron chi connectivity index (χ4n) is 2.48. The molecule has 2 amide bonds. The molecule has 2 N–H and O–H groups in total. The molecule has 30 heavy (non-hydrogen) atoms. The number of thioether (sulfide) groups is 1. The smallest absolute Gasteiger partial charge is 0.341 e. The highest BCUT2D eigenvalue weighted by atomic mass is 32.2. The SMILES string of the molecule is COc1ccc(C(=O)NN2C(=O)/C(=C\c3ccccc3OCC(=O)O)SC2=S)cc1. The number of carboxylic acid groups (broad SMARTS) is 1. The molecule has 8 nitrogen and oxygen atoms in total. The highest BCUT2D eigenvalue weighted by molar-refractivity contribution is 8.26. The molecule has 10 heteroatoms. The highest BCUT2D eigenvalue weighted by Gasteiger charge is 2.34. The second-order valence-corrected chi connectivity index (χ2v) is 7.58. The third kappa shape index (κ3) is 4.97. The number of carboxylic acids is 1. The van der Waals surface area contributed by atoms with E-state index in [4.69, 9.17) is 26.8 Å². The number of benzene rings is 2. The van der Waals surface area contributed by atoms with Gasteiger partial charge >= 0.3 is 5.97 Å². The average molecular weight is 444 g/mol. The van der Waals surface area contributed by atoms with E-state index in [9.17, 15) is 14.4 Å². The van der Waals surface area contributed by atoms with Crippen LogP contribution in [0, 0.1) is 0 Å². The fraction of sp³-hybridized carbons (Fsp3) is 0.100. The number of carbonyl (C=O) groups is 3. The Morgan fingerprint density at radius 2 is 1.90 bits per heavy atom. The molecule has 1 aliphatic heterocycles. The van der Waals surface area contributed by atoms with Crippen LogP contribution < -0.4 is 14.9 Å². The maximum Gasteiger partial charge on any atom is 0.341 e. The Bertz CT molecular complexity index is 1040. The molecule has 0 aromatic heterocycles. The highest BCUT2D eigenvalue weighted by Crippen LogP contribution is 2.33. The lowest BCUT2D eigenvalue weighted by molar-refractivity contribution is -0.139. The molecule has 0 aliphatic carbocycles. The van der Waals surface area contributed by atoms with E-state index < -0.39 is 24.4 Å². The summed E-state index contributed by atoms with van der Waals surface area (Å²) in [4.78, 5) is 36.2. The third-order valence-corrected chi connectivity index (χ3v) is 5.22. The van der Waals surface area contributed by atoms with Gasteiger partial charge in [0.15, 0.2) is 10.9 Å². The van der Waals surface area contributed by atoms with Crippen LogP contribution >= 0.6 is 24.0 Å². The molecule has 3 rings (SSSR count). The maximum atomic E-state index is 12.7. The minimum absolute atomic E-state index is 0.164. The van der Waals surface area contributed by atoms with E-state index in [1.54, 1.807) is 48.5 Å². The number of nitrogens with zero attached hydrogens (tertiary/aromatic N) is 1. The standard InChI is InChI=1S/C20H16N2O6S2/c1-27-14-8-6-12(7-9-14)18(25)21-22-19(26)16(30-20(22)29)10-13-4-2-3-5-15(13)28-11-17(23)24/h2-10H,11H2,1H3,(H,21,25)(H,23,24)/b16-10+. The van der Waals surface area contributed by atoms with Gasteiger partial charge < -0.3 is 14.6 Å². The summed E-state index contributed by atoms with van der Waals surface area (Å²) in [5.74, 6) is -1.20. The lowest BCUT2D eigenvalue weighted by atomic mass is 10.2. The van der Waals surface area contributed by atoms with Gasteiger partial charge in [0, 0.05) is 11.1 Å². The van der Waals surface area contributed by atoms with Gasteiger partial charge in [0.25, 0.3) is 11.8 Å². The monoisotopic (exact) mass is 444 g/mol. The molecule has 1 heterocycles. The number of para-hydroxylation sites is 1. The number of nitrogens with one attached hydrogen (secondary N) is 1. The molecule has 0 bridgehead atoms. The van der Waals surface area contributed by atoms with Crippen LogP contribution in [-0.2, 0) is 9.59 Å². The van der Waals surface area contributed by atoms with Gasteiger partial charge in [0.1, 0.15) is 11.5 Å². The van der Waals surface area contributed by atoms with Crippen LogP contribution in [0.4, 0.5) is 0 Å². The van der Waals surface area contributed by atoms with Crippen molar-refractivity contribution in [1.82, 2.24) is 10.4 Å². The summed E-state index contributed by atoms with van der Waals surface area (Å²) in [6.45, 7) is -0.510. The van der Waals surface area contributed by atoms with Crippen molar-refractivity contribution >= 4 is 52.2 Å². The number of ether oxygens (including phenoxy) is 2. The van der Waals surface area contributed by atoms with E-state index in [1.807, 2.05) is 0 Å². The van der Waals surface area contributed by atoms with E-state index in [0.29, 0.717) is 22.6 Å². The molecule has 154 valence electrons. The number of carbonyl (C=O) groups excluding carboxylic acids is 2. The molecular weight excluding hydrogens is 428 g/mol. The molecule has 1 saturated heterocycles. The Morgan fingerprint density at radius 1 is 1.20 bits per heavy atom. The number of aliphatic carboxylic acids is 1. The maximum absolute atomic E-state index is 12.7. The van der Waals surface area contributed by atoms with Gasteiger partial charge in [0.05, 0.1) is 12.0 Å². The third-order valence-electron chi connectivity index (χ3n) is 3.92. The van der Waals surface area contributed by atoms with Gasteiger partial charge in [-0.15, -0.1) is 0 Å². The largest absolute Gasteiger partial charge is 0.497 e. The zero-order chi connectivity index (χ0) is 21.7. The normalized spacial score (nSPS) is 14.7. The van der Waals surface area contributed by atoms with Crippen molar-refractivity contribution in [3.63, 3.8) is 0 Å². The number of amides is 2. The minimum Gasteiger partial charge on any atom is -0.497 e. The second kappa shape index (κ2) is 9.42. The molecule has 0 atom stereocenters. The van der Waals surface area contributed by atoms with Crippen LogP contribution in [0.25, 0.3) is 6.08 Å². The van der Waals surface area contributed by atoms with Gasteiger partial charge in [-0.25, -0.2) is 4.79 Å². The van der Waals surface area contributed by atoms with Gasteiger partial charge in [-0.3, -0.25) is 15.0 Å². The Kier molecular flexibility index (Phi) is 6.70. The Morgan fingerprint density at radius 3 is 2.57 bits per heavy atom. The van der Waals surface area contributed by atoms with Crippen LogP contribution in [0.2, 0.25) is 0 Å². The first-order chi connectivity index (χ1) is 14.4. The van der Waals surface area contributed by atoms with E-state index in [1.165, 1.54) is 13.2 Å². The number of methoxy groups -OCH3 is 1. The average Bonchev–Trinajstić information content (AvgIpc) is 3.00. The summed E-state index contributed by atoms with van der Waals surface area (Å²) in [7, 11) is 1.52. The molecule has 2 aromatic carbocycles. The summed E-state index contributed by atoms with van der Waals surface area (Å²) in [5, 5.41) is 9.80. The van der Waals surface area contributed by atoms with Gasteiger partial charge in [-0.05, 0) is 48.6 Å². The second-order valence-electron chi connectivity index (χ2n) is 5.91. The van der Waals surface area contributed by atoms with E-state index in [-0.39, 0.29) is 9.23 Å².